The van der Waals surface area contributed by atoms with Gasteiger partial charge in [-0.15, -0.1) is 0 Å². The fraction of sp³-hybridized carbons (Fsp3) is 0.133. The van der Waals surface area contributed by atoms with Gasteiger partial charge in [-0.1, -0.05) is 6.07 Å². The number of rotatable bonds is 3. The molecule has 0 saturated carbocycles. The molecule has 3 N–H and O–H groups in total. The largest absolute Gasteiger partial charge is 0.497 e. The molecule has 20 heavy (non-hydrogen) atoms. The van der Waals surface area contributed by atoms with E-state index in [1.165, 1.54) is 25.3 Å². The number of methoxy groups -OCH3 is 1. The van der Waals surface area contributed by atoms with E-state index < -0.39 is 11.7 Å². The third-order valence-electron chi connectivity index (χ3n) is 2.88. The second kappa shape index (κ2) is 5.61. The Morgan fingerprint density at radius 1 is 1.25 bits per heavy atom. The van der Waals surface area contributed by atoms with Crippen molar-refractivity contribution in [2.45, 2.75) is 6.92 Å². The first-order chi connectivity index (χ1) is 9.51. The lowest BCUT2D eigenvalue weighted by Crippen LogP contribution is -2.15. The molecule has 0 spiro atoms. The van der Waals surface area contributed by atoms with Crippen molar-refractivity contribution in [3.05, 3.63) is 53.3 Å². The van der Waals surface area contributed by atoms with Gasteiger partial charge in [0.05, 0.1) is 18.4 Å². The number of nitrogen functional groups attached to an aromatic ring is 1. The Morgan fingerprint density at radius 2 is 2.00 bits per heavy atom. The molecule has 0 aliphatic carbocycles. The second-order valence-electron chi connectivity index (χ2n) is 4.39. The van der Waals surface area contributed by atoms with Crippen molar-refractivity contribution >= 4 is 17.3 Å². The van der Waals surface area contributed by atoms with Crippen LogP contribution in [-0.4, -0.2) is 13.0 Å². The van der Waals surface area contributed by atoms with Gasteiger partial charge in [-0.3, -0.25) is 4.79 Å². The minimum atomic E-state index is -0.481. The number of nitrogens with one attached hydrogen (secondary N) is 1. The van der Waals surface area contributed by atoms with Crippen molar-refractivity contribution in [3.8, 4) is 5.75 Å². The number of carbonyl (C=O) groups is 1. The summed E-state index contributed by atoms with van der Waals surface area (Å²) in [6.45, 7) is 1.77. The average Bonchev–Trinajstić information content (AvgIpc) is 2.41. The Kier molecular flexibility index (Phi) is 3.89. The number of halogens is 1. The minimum absolute atomic E-state index is 0.121. The standard InChI is InChI=1S/C15H15FN2O2/c1-9-3-6-14(12(16)7-9)18-15(19)11-5-4-10(20-2)8-13(11)17/h3-8H,17H2,1-2H3,(H,18,19). The van der Waals surface area contributed by atoms with E-state index in [1.54, 1.807) is 25.1 Å². The molecular weight excluding hydrogens is 259 g/mol. The van der Waals surface area contributed by atoms with E-state index in [4.69, 9.17) is 10.5 Å². The minimum Gasteiger partial charge on any atom is -0.497 e. The van der Waals surface area contributed by atoms with Gasteiger partial charge in [0, 0.05) is 11.8 Å². The van der Waals surface area contributed by atoms with Crippen LogP contribution in [0.15, 0.2) is 36.4 Å². The number of ether oxygens (including phenoxy) is 1. The second-order valence-corrected chi connectivity index (χ2v) is 4.39. The molecule has 0 unspecified atom stereocenters. The molecule has 0 aliphatic rings. The molecule has 4 nitrogen and oxygen atoms in total. The van der Waals surface area contributed by atoms with Crippen LogP contribution < -0.4 is 15.8 Å². The number of aryl methyl sites for hydroxylation is 1. The van der Waals surface area contributed by atoms with Gasteiger partial charge in [0.2, 0.25) is 0 Å². The monoisotopic (exact) mass is 274 g/mol. The molecule has 104 valence electrons. The SMILES string of the molecule is COc1ccc(C(=O)Nc2ccc(C)cc2F)c(N)c1. The molecule has 2 aromatic rings. The summed E-state index contributed by atoms with van der Waals surface area (Å²) in [6, 6.07) is 9.29. The number of benzene rings is 2. The van der Waals surface area contributed by atoms with Gasteiger partial charge in [0.15, 0.2) is 0 Å². The first kappa shape index (κ1) is 13.9. The first-order valence-electron chi connectivity index (χ1n) is 6.02. The zero-order valence-corrected chi connectivity index (χ0v) is 11.2. The predicted molar refractivity (Wildman–Crippen MR) is 76.5 cm³/mol. The Morgan fingerprint density at radius 3 is 2.60 bits per heavy atom. The van der Waals surface area contributed by atoms with Gasteiger partial charge < -0.3 is 15.8 Å². The highest BCUT2D eigenvalue weighted by molar-refractivity contribution is 6.07. The maximum atomic E-state index is 13.7. The molecule has 5 heteroatoms. The number of carbonyl (C=O) groups excluding carboxylic acids is 1. The summed E-state index contributed by atoms with van der Waals surface area (Å²) in [7, 11) is 1.51. The summed E-state index contributed by atoms with van der Waals surface area (Å²) in [5.74, 6) is -0.390. The Balaban J connectivity index is 2.24. The summed E-state index contributed by atoms with van der Waals surface area (Å²) in [4.78, 5) is 12.1. The van der Waals surface area contributed by atoms with Crippen LogP contribution in [0.1, 0.15) is 15.9 Å². The van der Waals surface area contributed by atoms with Gasteiger partial charge in [-0.2, -0.15) is 0 Å². The van der Waals surface area contributed by atoms with Crippen molar-refractivity contribution in [1.82, 2.24) is 0 Å². The maximum Gasteiger partial charge on any atom is 0.257 e. The summed E-state index contributed by atoms with van der Waals surface area (Å²) in [6.07, 6.45) is 0. The van der Waals surface area contributed by atoms with E-state index in [1.807, 2.05) is 0 Å². The average molecular weight is 274 g/mol. The quantitative estimate of drug-likeness (QED) is 0.846. The van der Waals surface area contributed by atoms with Crippen LogP contribution in [0.2, 0.25) is 0 Å². The molecule has 0 aromatic heterocycles. The van der Waals surface area contributed by atoms with Crippen LogP contribution in [0.5, 0.6) is 5.75 Å². The number of hydrogen-bond donors (Lipinski definition) is 2. The molecule has 0 heterocycles. The number of anilines is 2. The van der Waals surface area contributed by atoms with Crippen LogP contribution in [0.4, 0.5) is 15.8 Å². The molecule has 0 fully saturated rings. The predicted octanol–water partition coefficient (Wildman–Crippen LogP) is 2.98. The van der Waals surface area contributed by atoms with Crippen molar-refractivity contribution in [2.24, 2.45) is 0 Å². The molecular formula is C15H15FN2O2. The Bertz CT molecular complexity index is 656. The topological polar surface area (TPSA) is 64.3 Å². The molecule has 0 bridgehead atoms. The Labute approximate surface area is 116 Å². The number of amides is 1. The zero-order valence-electron chi connectivity index (χ0n) is 11.2. The van der Waals surface area contributed by atoms with Crippen LogP contribution in [0.3, 0.4) is 0 Å². The van der Waals surface area contributed by atoms with Gasteiger partial charge in [0.25, 0.3) is 5.91 Å². The van der Waals surface area contributed by atoms with Crippen molar-refractivity contribution < 1.29 is 13.9 Å². The fourth-order valence-corrected chi connectivity index (χ4v) is 1.79. The van der Waals surface area contributed by atoms with E-state index in [2.05, 4.69) is 5.32 Å². The van der Waals surface area contributed by atoms with E-state index in [9.17, 15) is 9.18 Å². The van der Waals surface area contributed by atoms with E-state index >= 15 is 0 Å². The molecule has 1 amide bonds. The van der Waals surface area contributed by atoms with Gasteiger partial charge in [-0.25, -0.2) is 4.39 Å². The lowest BCUT2D eigenvalue weighted by molar-refractivity contribution is 0.102. The maximum absolute atomic E-state index is 13.7. The molecule has 0 radical (unpaired) electrons. The summed E-state index contributed by atoms with van der Waals surface area (Å²) < 4.78 is 18.7. The first-order valence-corrected chi connectivity index (χ1v) is 6.02. The van der Waals surface area contributed by atoms with Crippen LogP contribution >= 0.6 is 0 Å². The molecule has 2 rings (SSSR count). The smallest absolute Gasteiger partial charge is 0.257 e. The fourth-order valence-electron chi connectivity index (χ4n) is 1.79. The van der Waals surface area contributed by atoms with Crippen LogP contribution in [0, 0.1) is 12.7 Å². The van der Waals surface area contributed by atoms with E-state index in [-0.39, 0.29) is 16.9 Å². The zero-order chi connectivity index (χ0) is 14.7. The van der Waals surface area contributed by atoms with E-state index in [0.717, 1.165) is 5.56 Å². The summed E-state index contributed by atoms with van der Waals surface area (Å²) in [5.41, 5.74) is 7.22. The lowest BCUT2D eigenvalue weighted by Gasteiger charge is -2.10. The van der Waals surface area contributed by atoms with Gasteiger partial charge >= 0.3 is 0 Å². The highest BCUT2D eigenvalue weighted by atomic mass is 19.1. The van der Waals surface area contributed by atoms with Crippen molar-refractivity contribution in [1.29, 1.82) is 0 Å². The third kappa shape index (κ3) is 2.88. The van der Waals surface area contributed by atoms with Gasteiger partial charge in [-0.05, 0) is 36.8 Å². The molecule has 0 aliphatic heterocycles. The normalized spacial score (nSPS) is 10.2. The molecule has 2 aromatic carbocycles. The van der Waals surface area contributed by atoms with Gasteiger partial charge in [0.1, 0.15) is 11.6 Å². The van der Waals surface area contributed by atoms with Crippen LogP contribution in [-0.2, 0) is 0 Å². The molecule has 0 atom stereocenters. The number of hydrogen-bond acceptors (Lipinski definition) is 3. The van der Waals surface area contributed by atoms with E-state index in [0.29, 0.717) is 5.75 Å². The summed E-state index contributed by atoms with van der Waals surface area (Å²) >= 11 is 0. The Hall–Kier alpha value is -2.56. The number of nitrogens with two attached hydrogens (primary N) is 1. The molecule has 0 saturated heterocycles. The third-order valence-corrected chi connectivity index (χ3v) is 2.88. The van der Waals surface area contributed by atoms with Crippen molar-refractivity contribution in [2.75, 3.05) is 18.2 Å². The summed E-state index contributed by atoms with van der Waals surface area (Å²) in [5, 5.41) is 2.50. The highest BCUT2D eigenvalue weighted by Gasteiger charge is 2.12. The van der Waals surface area contributed by atoms with Crippen molar-refractivity contribution in [3.63, 3.8) is 0 Å². The lowest BCUT2D eigenvalue weighted by atomic mass is 10.1. The highest BCUT2D eigenvalue weighted by Crippen LogP contribution is 2.22. The van der Waals surface area contributed by atoms with Crippen LogP contribution in [0.25, 0.3) is 0 Å².